The molecule has 386 valence electrons. The number of aliphatic hydroxyl groups is 1. The van der Waals surface area contributed by atoms with Crippen molar-refractivity contribution >= 4 is 13.7 Å². The summed E-state index contributed by atoms with van der Waals surface area (Å²) < 4.78 is 23.7. The molecule has 0 saturated carbocycles. The van der Waals surface area contributed by atoms with Gasteiger partial charge in [0.25, 0.3) is 0 Å². The number of rotatable bonds is 50. The van der Waals surface area contributed by atoms with E-state index in [2.05, 4.69) is 79.9 Å². The van der Waals surface area contributed by atoms with E-state index in [0.29, 0.717) is 23.9 Å². The highest BCUT2D eigenvalue weighted by Gasteiger charge is 2.28. The van der Waals surface area contributed by atoms with Gasteiger partial charge in [-0.2, -0.15) is 0 Å². The smallest absolute Gasteiger partial charge is 0.391 e. The van der Waals surface area contributed by atoms with E-state index < -0.39 is 20.0 Å². The lowest BCUT2D eigenvalue weighted by Gasteiger charge is -2.26. The monoisotopic (exact) mass is 948 g/mol. The summed E-state index contributed by atoms with van der Waals surface area (Å²) >= 11 is 0. The second-order valence-corrected chi connectivity index (χ2v) is 21.4. The molecule has 3 N–H and O–H groups in total. The van der Waals surface area contributed by atoms with Crippen LogP contribution in [0.4, 0.5) is 0 Å². The fourth-order valence-corrected chi connectivity index (χ4v) is 8.69. The lowest BCUT2D eigenvalue weighted by Crippen LogP contribution is -2.46. The van der Waals surface area contributed by atoms with Crippen LogP contribution in [-0.2, 0) is 18.4 Å². The van der Waals surface area contributed by atoms with E-state index in [0.717, 1.165) is 70.6 Å². The first kappa shape index (κ1) is 64.2. The largest absolute Gasteiger partial charge is 0.472 e. The molecule has 3 unspecified atom stereocenters. The van der Waals surface area contributed by atoms with E-state index in [4.69, 9.17) is 9.05 Å². The van der Waals surface area contributed by atoms with Gasteiger partial charge >= 0.3 is 7.82 Å². The van der Waals surface area contributed by atoms with Crippen molar-refractivity contribution in [2.75, 3.05) is 40.9 Å². The molecule has 0 saturated heterocycles. The highest BCUT2D eigenvalue weighted by Crippen LogP contribution is 2.43. The zero-order valence-electron chi connectivity index (χ0n) is 43.9. The zero-order valence-corrected chi connectivity index (χ0v) is 44.8. The van der Waals surface area contributed by atoms with Gasteiger partial charge < -0.3 is 19.8 Å². The van der Waals surface area contributed by atoms with Crippen LogP contribution in [0.25, 0.3) is 0 Å². The number of quaternary nitrogens is 1. The number of allylic oxidation sites excluding steroid dienone is 10. The lowest BCUT2D eigenvalue weighted by atomic mass is 10.0. The average molecular weight is 948 g/mol. The minimum Gasteiger partial charge on any atom is -0.391 e. The molecule has 0 aliphatic heterocycles. The van der Waals surface area contributed by atoms with Crippen molar-refractivity contribution in [2.24, 2.45) is 0 Å². The minimum absolute atomic E-state index is 0.0739. The molecule has 0 bridgehead atoms. The van der Waals surface area contributed by atoms with Crippen LogP contribution in [0.5, 0.6) is 0 Å². The van der Waals surface area contributed by atoms with Crippen LogP contribution in [0.3, 0.4) is 0 Å². The molecule has 0 aromatic rings. The van der Waals surface area contributed by atoms with E-state index in [-0.39, 0.29) is 19.1 Å². The lowest BCUT2D eigenvalue weighted by molar-refractivity contribution is -0.870. The predicted molar refractivity (Wildman–Crippen MR) is 286 cm³/mol. The summed E-state index contributed by atoms with van der Waals surface area (Å²) in [5.74, 6) is -0.145. The molecule has 0 aromatic heterocycles. The molecule has 0 aromatic carbocycles. The van der Waals surface area contributed by atoms with Crippen LogP contribution in [-0.4, -0.2) is 73.4 Å². The van der Waals surface area contributed by atoms with Gasteiger partial charge in [0.05, 0.1) is 39.9 Å². The Kier molecular flexibility index (Phi) is 46.9. The van der Waals surface area contributed by atoms with Gasteiger partial charge in [-0.05, 0) is 57.8 Å². The fraction of sp³-hybridized carbons (Fsp3) is 0.807. The van der Waals surface area contributed by atoms with Crippen LogP contribution >= 0.6 is 7.82 Å². The predicted octanol–water partition coefficient (Wildman–Crippen LogP) is 16.5. The summed E-state index contributed by atoms with van der Waals surface area (Å²) in [5.41, 5.74) is 0. The molecule has 0 radical (unpaired) electrons. The van der Waals surface area contributed by atoms with Crippen molar-refractivity contribution in [3.05, 3.63) is 60.8 Å². The highest BCUT2D eigenvalue weighted by atomic mass is 31.2. The van der Waals surface area contributed by atoms with Crippen LogP contribution in [0.1, 0.15) is 245 Å². The summed E-state index contributed by atoms with van der Waals surface area (Å²) in [5, 5.41) is 14.0. The van der Waals surface area contributed by atoms with Crippen molar-refractivity contribution in [3.63, 3.8) is 0 Å². The maximum Gasteiger partial charge on any atom is 0.472 e. The molecule has 3 atom stereocenters. The van der Waals surface area contributed by atoms with E-state index >= 15 is 0 Å². The van der Waals surface area contributed by atoms with Crippen molar-refractivity contribution in [1.82, 2.24) is 5.32 Å². The van der Waals surface area contributed by atoms with E-state index in [1.165, 1.54) is 148 Å². The first-order chi connectivity index (χ1) is 32.0. The molecule has 0 spiro atoms. The molecule has 0 aliphatic carbocycles. The Bertz CT molecular complexity index is 1260. The van der Waals surface area contributed by atoms with E-state index in [9.17, 15) is 19.4 Å². The van der Waals surface area contributed by atoms with Gasteiger partial charge in [-0.25, -0.2) is 4.57 Å². The fourth-order valence-electron chi connectivity index (χ4n) is 7.96. The summed E-state index contributed by atoms with van der Waals surface area (Å²) in [4.78, 5) is 23.3. The third-order valence-electron chi connectivity index (χ3n) is 12.3. The number of hydrogen-bond acceptors (Lipinski definition) is 5. The Labute approximate surface area is 409 Å². The van der Waals surface area contributed by atoms with Gasteiger partial charge in [0.1, 0.15) is 13.2 Å². The molecule has 0 fully saturated rings. The Morgan fingerprint density at radius 3 is 1.33 bits per heavy atom. The van der Waals surface area contributed by atoms with Gasteiger partial charge in [0, 0.05) is 6.42 Å². The molecular weight excluding hydrogens is 840 g/mol. The Morgan fingerprint density at radius 1 is 0.530 bits per heavy atom. The zero-order chi connectivity index (χ0) is 48.5. The third-order valence-corrected chi connectivity index (χ3v) is 13.3. The second-order valence-electron chi connectivity index (χ2n) is 19.9. The first-order valence-electron chi connectivity index (χ1n) is 27.7. The standard InChI is InChI=1S/C57H107N2O6P/c1-6-8-10-12-14-16-18-20-21-22-23-24-25-26-27-28-29-30-31-32-33-34-35-36-37-39-41-43-45-47-49-51-57(61)58-55(54-65-66(62,63)64-53-52-59(3,4)5)56(60)50-48-46-44-42-40-38-19-17-15-13-11-9-7-2/h8,10,14,16,20-21,23-24,26-27,55-56,60H,6-7,9,11-13,15,17-19,22,25,28-54H2,1-5H3,(H-,58,61,62,63)/p+1/b10-8-,16-14-,21-20-,24-23-,27-26-. The Balaban J connectivity index is 4.06. The van der Waals surface area contributed by atoms with Gasteiger partial charge in [-0.15, -0.1) is 0 Å². The summed E-state index contributed by atoms with van der Waals surface area (Å²) in [7, 11) is 1.62. The maximum atomic E-state index is 13.0. The van der Waals surface area contributed by atoms with Crippen molar-refractivity contribution in [2.45, 2.75) is 257 Å². The highest BCUT2D eigenvalue weighted by molar-refractivity contribution is 7.47. The van der Waals surface area contributed by atoms with Crippen LogP contribution in [0, 0.1) is 0 Å². The molecular formula is C57H108N2O6P+. The third kappa shape index (κ3) is 50.1. The quantitative estimate of drug-likeness (QED) is 0.0243. The molecule has 9 heteroatoms. The van der Waals surface area contributed by atoms with Crippen molar-refractivity contribution in [1.29, 1.82) is 0 Å². The number of aliphatic hydroxyl groups excluding tert-OH is 1. The number of nitrogens with one attached hydrogen (secondary N) is 1. The topological polar surface area (TPSA) is 105 Å². The molecule has 0 aliphatic rings. The van der Waals surface area contributed by atoms with E-state index in [1.807, 2.05) is 21.1 Å². The van der Waals surface area contributed by atoms with Gasteiger partial charge in [-0.1, -0.05) is 242 Å². The van der Waals surface area contributed by atoms with Crippen molar-refractivity contribution < 1.29 is 32.9 Å². The molecule has 66 heavy (non-hydrogen) atoms. The van der Waals surface area contributed by atoms with Crippen molar-refractivity contribution in [3.8, 4) is 0 Å². The molecule has 0 rings (SSSR count). The second kappa shape index (κ2) is 48.2. The van der Waals surface area contributed by atoms with Gasteiger partial charge in [-0.3, -0.25) is 13.8 Å². The SMILES string of the molecule is CC/C=C\C/C=C\C/C=C\C/C=C\C/C=C\CCCCCCCCCCCCCCCCCC(=O)NC(COP(=O)(O)OCC[N+](C)(C)C)C(O)CCCCCCCCCCCCCCC. The summed E-state index contributed by atoms with van der Waals surface area (Å²) in [6, 6.07) is -0.761. The normalized spacial score (nSPS) is 14.5. The number of hydrogen-bond donors (Lipinski definition) is 3. The molecule has 0 heterocycles. The van der Waals surface area contributed by atoms with Crippen LogP contribution < -0.4 is 5.32 Å². The van der Waals surface area contributed by atoms with Crippen LogP contribution in [0.2, 0.25) is 0 Å². The number of carbonyl (C=O) groups is 1. The first-order valence-corrected chi connectivity index (χ1v) is 29.1. The minimum atomic E-state index is -4.32. The average Bonchev–Trinajstić information content (AvgIpc) is 3.28. The maximum absolute atomic E-state index is 13.0. The van der Waals surface area contributed by atoms with Gasteiger partial charge in [0.15, 0.2) is 0 Å². The van der Waals surface area contributed by atoms with E-state index in [1.54, 1.807) is 0 Å². The number of nitrogens with zero attached hydrogens (tertiary/aromatic N) is 1. The number of phosphoric ester groups is 1. The number of amides is 1. The Morgan fingerprint density at radius 2 is 0.909 bits per heavy atom. The number of phosphoric acid groups is 1. The number of unbranched alkanes of at least 4 members (excludes halogenated alkanes) is 27. The molecule has 1 amide bonds. The number of carbonyl (C=O) groups excluding carboxylic acids is 1. The number of likely N-dealkylation sites (N-methyl/N-ethyl adjacent to an activating group) is 1. The Hall–Kier alpha value is -1.80. The summed E-state index contributed by atoms with van der Waals surface area (Å²) in [6.45, 7) is 4.78. The molecule has 8 nitrogen and oxygen atoms in total. The summed E-state index contributed by atoms with van der Waals surface area (Å²) in [6.07, 6.45) is 64.1. The van der Waals surface area contributed by atoms with Crippen LogP contribution in [0.15, 0.2) is 60.8 Å². The van der Waals surface area contributed by atoms with Gasteiger partial charge in [0.2, 0.25) is 5.91 Å².